The lowest BCUT2D eigenvalue weighted by atomic mass is 10.0. The highest BCUT2D eigenvalue weighted by Crippen LogP contribution is 2.32. The summed E-state index contributed by atoms with van der Waals surface area (Å²) in [6.07, 6.45) is 0.394. The van der Waals surface area contributed by atoms with Crippen LogP contribution in [-0.4, -0.2) is 40.1 Å². The summed E-state index contributed by atoms with van der Waals surface area (Å²) in [5.41, 5.74) is 3.38. The molecule has 0 atom stereocenters. The maximum Gasteiger partial charge on any atom is 0.264 e. The van der Waals surface area contributed by atoms with Crippen LogP contribution in [0.4, 0.5) is 0 Å². The molecular weight excluding hydrogens is 574 g/mol. The first-order valence-corrected chi connectivity index (χ1v) is 15.0. The minimum absolute atomic E-state index is 0.0119. The predicted octanol–water partition coefficient (Wildman–Crippen LogP) is 5.50. The first kappa shape index (κ1) is 28.6. The number of methoxy groups -OCH3 is 1. The summed E-state index contributed by atoms with van der Waals surface area (Å²) in [7, 11) is -0.971. The van der Waals surface area contributed by atoms with Crippen LogP contribution in [0.15, 0.2) is 83.1 Å². The summed E-state index contributed by atoms with van der Waals surface area (Å²) < 4.78 is 34.3. The van der Waals surface area contributed by atoms with Gasteiger partial charge in [0.2, 0.25) is 0 Å². The second kappa shape index (κ2) is 12.6. The number of rotatable bonds is 9. The van der Waals surface area contributed by atoms with Crippen LogP contribution in [-0.2, 0) is 16.4 Å². The Balaban J connectivity index is 1.59. The molecule has 0 unspecified atom stereocenters. The minimum atomic E-state index is -3.99. The van der Waals surface area contributed by atoms with E-state index >= 15 is 0 Å². The SMILES string of the molecule is CNC(=S)NS(=O)(=O)c1cc(CCNC(=O)c2cc(Cl)ccc2OC)ccc1-c1ccc(-c2cccs2)cc1. The molecule has 11 heteroatoms. The van der Waals surface area contributed by atoms with Crippen LogP contribution in [0.1, 0.15) is 15.9 Å². The number of hydrogen-bond donors (Lipinski definition) is 3. The van der Waals surface area contributed by atoms with Gasteiger partial charge in [-0.2, -0.15) is 0 Å². The van der Waals surface area contributed by atoms with Crippen LogP contribution < -0.4 is 20.1 Å². The number of thiophene rings is 1. The number of ether oxygens (including phenoxy) is 1. The highest BCUT2D eigenvalue weighted by atomic mass is 35.5. The molecule has 4 aromatic rings. The third kappa shape index (κ3) is 6.96. The van der Waals surface area contributed by atoms with Crippen molar-refractivity contribution < 1.29 is 17.9 Å². The zero-order valence-electron chi connectivity index (χ0n) is 21.2. The van der Waals surface area contributed by atoms with Gasteiger partial charge < -0.3 is 15.4 Å². The first-order chi connectivity index (χ1) is 18.7. The molecule has 0 saturated heterocycles. The van der Waals surface area contributed by atoms with Gasteiger partial charge in [-0.15, -0.1) is 11.3 Å². The summed E-state index contributed by atoms with van der Waals surface area (Å²) in [5.74, 6) is 0.0667. The van der Waals surface area contributed by atoms with Gasteiger partial charge in [0.25, 0.3) is 15.9 Å². The van der Waals surface area contributed by atoms with E-state index in [1.165, 1.54) is 13.2 Å². The topological polar surface area (TPSA) is 96.5 Å². The molecular formula is C28H26ClN3O4S3. The van der Waals surface area contributed by atoms with Gasteiger partial charge in [-0.3, -0.25) is 9.52 Å². The van der Waals surface area contributed by atoms with Crippen LogP contribution in [0.2, 0.25) is 5.02 Å². The van der Waals surface area contributed by atoms with Crippen molar-refractivity contribution in [3.05, 3.63) is 94.3 Å². The van der Waals surface area contributed by atoms with Crippen LogP contribution in [0.3, 0.4) is 0 Å². The highest BCUT2D eigenvalue weighted by molar-refractivity contribution is 7.92. The summed E-state index contributed by atoms with van der Waals surface area (Å²) in [6.45, 7) is 0.269. The van der Waals surface area contributed by atoms with Crippen molar-refractivity contribution in [2.45, 2.75) is 11.3 Å². The molecule has 0 spiro atoms. The van der Waals surface area contributed by atoms with E-state index in [0.29, 0.717) is 28.3 Å². The predicted molar refractivity (Wildman–Crippen MR) is 161 cm³/mol. The van der Waals surface area contributed by atoms with Crippen molar-refractivity contribution in [3.8, 4) is 27.3 Å². The average molecular weight is 600 g/mol. The zero-order valence-corrected chi connectivity index (χ0v) is 24.4. The fourth-order valence-corrected chi connectivity index (χ4v) is 6.41. The molecule has 1 heterocycles. The Morgan fingerprint density at radius 3 is 2.44 bits per heavy atom. The quantitative estimate of drug-likeness (QED) is 0.220. The Hall–Kier alpha value is -3.44. The minimum Gasteiger partial charge on any atom is -0.496 e. The number of carbonyl (C=O) groups is 1. The van der Waals surface area contributed by atoms with Gasteiger partial charge in [0.1, 0.15) is 5.75 Å². The molecule has 0 radical (unpaired) electrons. The third-order valence-electron chi connectivity index (χ3n) is 5.90. The van der Waals surface area contributed by atoms with Crippen LogP contribution in [0.5, 0.6) is 5.75 Å². The van der Waals surface area contributed by atoms with Crippen molar-refractivity contribution in [2.75, 3.05) is 20.7 Å². The standard InChI is InChI=1S/C28H26ClN3O4S3/c1-30-28(37)32-39(34,35)26-16-18(13-14-31-27(33)23-17-21(29)10-12-24(23)36-2)5-11-22(26)19-6-8-20(9-7-19)25-4-3-15-38-25/h3-12,15-17H,13-14H2,1-2H3,(H,31,33)(H2,30,32,37). The number of sulfonamides is 1. The molecule has 4 rings (SSSR count). The van der Waals surface area contributed by atoms with Gasteiger partial charge >= 0.3 is 0 Å². The lowest BCUT2D eigenvalue weighted by Crippen LogP contribution is -2.37. The molecule has 1 amide bonds. The Morgan fingerprint density at radius 1 is 1.03 bits per heavy atom. The molecule has 7 nitrogen and oxygen atoms in total. The fourth-order valence-electron chi connectivity index (χ4n) is 3.94. The van der Waals surface area contributed by atoms with Crippen molar-refractivity contribution in [2.24, 2.45) is 0 Å². The van der Waals surface area contributed by atoms with E-state index < -0.39 is 10.0 Å². The molecule has 0 bridgehead atoms. The van der Waals surface area contributed by atoms with Crippen LogP contribution in [0.25, 0.3) is 21.6 Å². The molecule has 0 aliphatic heterocycles. The van der Waals surface area contributed by atoms with Crippen molar-refractivity contribution >= 4 is 56.2 Å². The first-order valence-electron chi connectivity index (χ1n) is 11.9. The number of amides is 1. The normalized spacial score (nSPS) is 11.1. The maximum atomic E-state index is 13.3. The molecule has 0 aliphatic carbocycles. The largest absolute Gasteiger partial charge is 0.496 e. The Morgan fingerprint density at radius 2 is 1.77 bits per heavy atom. The van der Waals surface area contributed by atoms with E-state index in [1.54, 1.807) is 42.6 Å². The van der Waals surface area contributed by atoms with E-state index in [2.05, 4.69) is 15.4 Å². The monoisotopic (exact) mass is 599 g/mol. The molecule has 3 aromatic carbocycles. The fraction of sp³-hybridized carbons (Fsp3) is 0.143. The van der Waals surface area contributed by atoms with E-state index in [1.807, 2.05) is 47.8 Å². The van der Waals surface area contributed by atoms with Gasteiger partial charge in [-0.25, -0.2) is 8.42 Å². The Bertz CT molecular complexity index is 1590. The lowest BCUT2D eigenvalue weighted by Gasteiger charge is -2.15. The molecule has 1 aromatic heterocycles. The van der Waals surface area contributed by atoms with E-state index in [9.17, 15) is 13.2 Å². The number of carbonyl (C=O) groups excluding carboxylic acids is 1. The third-order valence-corrected chi connectivity index (χ3v) is 8.88. The summed E-state index contributed by atoms with van der Waals surface area (Å²) in [6, 6.07) is 21.8. The van der Waals surface area contributed by atoms with Crippen LogP contribution >= 0.6 is 35.2 Å². The van der Waals surface area contributed by atoms with Gasteiger partial charge in [-0.1, -0.05) is 54.1 Å². The van der Waals surface area contributed by atoms with Crippen molar-refractivity contribution in [1.82, 2.24) is 15.4 Å². The zero-order chi connectivity index (χ0) is 28.0. The van der Waals surface area contributed by atoms with E-state index in [4.69, 9.17) is 28.6 Å². The molecule has 202 valence electrons. The maximum absolute atomic E-state index is 13.3. The van der Waals surface area contributed by atoms with Gasteiger partial charge in [-0.05, 0) is 71.0 Å². The van der Waals surface area contributed by atoms with E-state index in [-0.39, 0.29) is 22.5 Å². The van der Waals surface area contributed by atoms with Gasteiger partial charge in [0, 0.05) is 29.1 Å². The number of benzene rings is 3. The number of halogens is 1. The molecule has 3 N–H and O–H groups in total. The molecule has 0 fully saturated rings. The Labute approximate surface area is 242 Å². The average Bonchev–Trinajstić information content (AvgIpc) is 3.48. The summed E-state index contributed by atoms with van der Waals surface area (Å²) in [5, 5.41) is 7.90. The van der Waals surface area contributed by atoms with Crippen molar-refractivity contribution in [1.29, 1.82) is 0 Å². The number of nitrogens with one attached hydrogen (secondary N) is 3. The molecule has 0 aliphatic rings. The summed E-state index contributed by atoms with van der Waals surface area (Å²) in [4.78, 5) is 13.9. The second-order valence-corrected chi connectivity index (χ2v) is 11.9. The highest BCUT2D eigenvalue weighted by Gasteiger charge is 2.22. The molecule has 0 saturated carbocycles. The second-order valence-electron chi connectivity index (χ2n) is 8.42. The van der Waals surface area contributed by atoms with Crippen LogP contribution in [0, 0.1) is 0 Å². The smallest absolute Gasteiger partial charge is 0.264 e. The summed E-state index contributed by atoms with van der Waals surface area (Å²) >= 11 is 12.7. The number of hydrogen-bond acceptors (Lipinski definition) is 6. The van der Waals surface area contributed by atoms with Gasteiger partial charge in [0.05, 0.1) is 17.6 Å². The van der Waals surface area contributed by atoms with Gasteiger partial charge in [0.15, 0.2) is 5.11 Å². The molecule has 39 heavy (non-hydrogen) atoms. The van der Waals surface area contributed by atoms with Crippen molar-refractivity contribution in [3.63, 3.8) is 0 Å². The Kier molecular flexibility index (Phi) is 9.24. The number of thiocarbonyl (C=S) groups is 1. The lowest BCUT2D eigenvalue weighted by molar-refractivity contribution is 0.0951. The van der Waals surface area contributed by atoms with E-state index in [0.717, 1.165) is 21.6 Å².